The molecule has 0 fully saturated rings. The van der Waals surface area contributed by atoms with Crippen LogP contribution in [0.2, 0.25) is 0 Å². The van der Waals surface area contributed by atoms with Gasteiger partial charge < -0.3 is 34.9 Å². The average Bonchev–Trinajstić information content (AvgIpc) is 3.30. The highest BCUT2D eigenvalue weighted by Crippen LogP contribution is 2.59. The number of benzene rings is 2. The highest BCUT2D eigenvalue weighted by molar-refractivity contribution is 7.71. The standard InChI is InChI=1S/C21H19FN4O8P2S/c1-34-16-6-5-13(10-15(16)22)23-19(27)12-4-2-3-11(9-12)17-24-18(14-7-8-37-20(14)25-17)26-21(35(28,29)30)36(31,32)33/h2-10,21H,1H3,(H,23,27)(H,24,25,26)(H2,28,29,30)(H2,31,32,33). The number of anilines is 2. The van der Waals surface area contributed by atoms with Gasteiger partial charge in [-0.2, -0.15) is 0 Å². The Morgan fingerprint density at radius 1 is 1.05 bits per heavy atom. The van der Waals surface area contributed by atoms with E-state index in [0.29, 0.717) is 10.4 Å². The van der Waals surface area contributed by atoms with Gasteiger partial charge in [0.1, 0.15) is 10.6 Å². The van der Waals surface area contributed by atoms with Gasteiger partial charge in [-0.1, -0.05) is 12.1 Å². The molecule has 0 aliphatic carbocycles. The summed E-state index contributed by atoms with van der Waals surface area (Å²) in [7, 11) is -9.27. The lowest BCUT2D eigenvalue weighted by Gasteiger charge is -2.21. The summed E-state index contributed by atoms with van der Waals surface area (Å²) in [5, 5.41) is 6.66. The van der Waals surface area contributed by atoms with Crippen LogP contribution < -0.4 is 15.4 Å². The van der Waals surface area contributed by atoms with Crippen LogP contribution in [0.1, 0.15) is 10.4 Å². The van der Waals surface area contributed by atoms with Crippen LogP contribution in [-0.4, -0.2) is 48.1 Å². The molecular formula is C21H19FN4O8P2S. The van der Waals surface area contributed by atoms with Crippen molar-refractivity contribution in [2.75, 3.05) is 17.7 Å². The van der Waals surface area contributed by atoms with Crippen LogP contribution in [0.15, 0.2) is 53.9 Å². The van der Waals surface area contributed by atoms with Crippen LogP contribution in [0.3, 0.4) is 0 Å². The molecule has 0 bridgehead atoms. The molecule has 6 N–H and O–H groups in total. The molecule has 4 rings (SSSR count). The van der Waals surface area contributed by atoms with Gasteiger partial charge in [0.25, 0.3) is 5.91 Å². The topological polar surface area (TPSA) is 191 Å². The van der Waals surface area contributed by atoms with Gasteiger partial charge in [0.2, 0.25) is 5.52 Å². The van der Waals surface area contributed by atoms with E-state index in [1.165, 1.54) is 37.4 Å². The first-order chi connectivity index (χ1) is 17.4. The number of hydrogen-bond acceptors (Lipinski definition) is 8. The predicted octanol–water partition coefficient (Wildman–Crippen LogP) is 3.81. The monoisotopic (exact) mass is 568 g/mol. The van der Waals surface area contributed by atoms with E-state index < -0.39 is 32.4 Å². The number of halogens is 1. The van der Waals surface area contributed by atoms with E-state index in [2.05, 4.69) is 20.6 Å². The normalized spacial score (nSPS) is 12.1. The number of carbonyl (C=O) groups excluding carboxylic acids is 1. The molecule has 0 saturated heterocycles. The molecule has 0 unspecified atom stereocenters. The molecule has 0 atom stereocenters. The lowest BCUT2D eigenvalue weighted by molar-refractivity contribution is 0.102. The van der Waals surface area contributed by atoms with Gasteiger partial charge in [-0.3, -0.25) is 13.9 Å². The van der Waals surface area contributed by atoms with E-state index in [1.54, 1.807) is 17.5 Å². The van der Waals surface area contributed by atoms with Crippen LogP contribution in [-0.2, 0) is 9.13 Å². The van der Waals surface area contributed by atoms with Crippen LogP contribution >= 0.6 is 26.5 Å². The average molecular weight is 568 g/mol. The Morgan fingerprint density at radius 3 is 2.43 bits per heavy atom. The van der Waals surface area contributed by atoms with Crippen molar-refractivity contribution in [2.45, 2.75) is 5.52 Å². The summed E-state index contributed by atoms with van der Waals surface area (Å²) >= 11 is 1.16. The number of rotatable bonds is 8. The summed E-state index contributed by atoms with van der Waals surface area (Å²) in [6, 6.07) is 11.5. The van der Waals surface area contributed by atoms with Crippen molar-refractivity contribution < 1.29 is 42.6 Å². The van der Waals surface area contributed by atoms with Gasteiger partial charge in [-0.25, -0.2) is 14.4 Å². The SMILES string of the molecule is COc1ccc(NC(=O)c2cccc(-c3nc(NC(P(=O)(O)O)P(=O)(O)O)c4ccsc4n3)c2)cc1F. The third-order valence-corrected chi connectivity index (χ3v) is 9.16. The maximum atomic E-state index is 14.0. The summed E-state index contributed by atoms with van der Waals surface area (Å²) in [5.41, 5.74) is -1.83. The molecule has 0 aliphatic rings. The van der Waals surface area contributed by atoms with Crippen molar-refractivity contribution in [1.29, 1.82) is 0 Å². The summed E-state index contributed by atoms with van der Waals surface area (Å²) in [4.78, 5) is 59.7. The first-order valence-electron chi connectivity index (χ1n) is 10.2. The zero-order valence-electron chi connectivity index (χ0n) is 18.8. The molecule has 1 amide bonds. The number of fused-ring (bicyclic) bond motifs is 1. The Labute approximate surface area is 212 Å². The second-order valence-electron chi connectivity index (χ2n) is 7.62. The molecule has 2 heterocycles. The van der Waals surface area contributed by atoms with Crippen molar-refractivity contribution in [3.63, 3.8) is 0 Å². The fraction of sp³-hybridized carbons (Fsp3) is 0.0952. The quantitative estimate of drug-likeness (QED) is 0.169. The molecular weight excluding hydrogens is 549 g/mol. The second kappa shape index (κ2) is 10.3. The summed E-state index contributed by atoms with van der Waals surface area (Å²) in [5.74, 6) is -1.38. The maximum Gasteiger partial charge on any atom is 0.360 e. The minimum absolute atomic E-state index is 0.0188. The minimum atomic E-state index is -5.29. The lowest BCUT2D eigenvalue weighted by Crippen LogP contribution is -2.21. The highest BCUT2D eigenvalue weighted by Gasteiger charge is 2.44. The fourth-order valence-electron chi connectivity index (χ4n) is 3.33. The third kappa shape index (κ3) is 6.03. The number of amides is 1. The number of nitrogens with one attached hydrogen (secondary N) is 2. The van der Waals surface area contributed by atoms with E-state index >= 15 is 0 Å². The van der Waals surface area contributed by atoms with Crippen LogP contribution in [0.25, 0.3) is 21.6 Å². The van der Waals surface area contributed by atoms with Gasteiger partial charge in [0.15, 0.2) is 17.4 Å². The Morgan fingerprint density at radius 2 is 1.78 bits per heavy atom. The summed E-state index contributed by atoms with van der Waals surface area (Å²) < 4.78 is 42.4. The number of aromatic nitrogens is 2. The number of methoxy groups -OCH3 is 1. The third-order valence-electron chi connectivity index (χ3n) is 5.02. The number of hydrogen-bond donors (Lipinski definition) is 6. The van der Waals surface area contributed by atoms with Gasteiger partial charge >= 0.3 is 15.2 Å². The van der Waals surface area contributed by atoms with Gasteiger partial charge in [0.05, 0.1) is 12.5 Å². The summed E-state index contributed by atoms with van der Waals surface area (Å²) in [6.07, 6.45) is 0. The smallest absolute Gasteiger partial charge is 0.360 e. The van der Waals surface area contributed by atoms with Gasteiger partial charge in [-0.15, -0.1) is 11.3 Å². The van der Waals surface area contributed by atoms with Crippen LogP contribution in [0.5, 0.6) is 5.75 Å². The predicted molar refractivity (Wildman–Crippen MR) is 135 cm³/mol. The minimum Gasteiger partial charge on any atom is -0.494 e. The van der Waals surface area contributed by atoms with E-state index in [-0.39, 0.29) is 34.0 Å². The maximum absolute atomic E-state index is 14.0. The number of thiophene rings is 1. The fourth-order valence-corrected chi connectivity index (χ4v) is 6.24. The van der Waals surface area contributed by atoms with Crippen LogP contribution in [0.4, 0.5) is 15.9 Å². The first-order valence-corrected chi connectivity index (χ1v) is 14.5. The zero-order valence-corrected chi connectivity index (χ0v) is 21.4. The molecule has 0 saturated carbocycles. The molecule has 0 spiro atoms. The Bertz CT molecular complexity index is 1570. The zero-order chi connectivity index (χ0) is 27.0. The molecule has 194 valence electrons. The molecule has 0 radical (unpaired) electrons. The van der Waals surface area contributed by atoms with Crippen molar-refractivity contribution in [3.8, 4) is 17.1 Å². The summed E-state index contributed by atoms with van der Waals surface area (Å²) in [6.45, 7) is 0. The number of carbonyl (C=O) groups is 1. The second-order valence-corrected chi connectivity index (χ2v) is 12.3. The van der Waals surface area contributed by atoms with Crippen molar-refractivity contribution in [2.24, 2.45) is 0 Å². The Kier molecular flexibility index (Phi) is 7.45. The molecule has 12 nitrogen and oxygen atoms in total. The van der Waals surface area contributed by atoms with Gasteiger partial charge in [0, 0.05) is 22.9 Å². The number of nitrogens with zero attached hydrogens (tertiary/aromatic N) is 2. The molecule has 2 aromatic heterocycles. The van der Waals surface area contributed by atoms with Gasteiger partial charge in [-0.05, 0) is 35.7 Å². The Balaban J connectivity index is 1.68. The molecule has 2 aromatic carbocycles. The lowest BCUT2D eigenvalue weighted by atomic mass is 10.1. The largest absolute Gasteiger partial charge is 0.494 e. The highest BCUT2D eigenvalue weighted by atomic mass is 32.1. The molecule has 4 aromatic rings. The van der Waals surface area contributed by atoms with Crippen molar-refractivity contribution in [3.05, 3.63) is 65.3 Å². The molecule has 37 heavy (non-hydrogen) atoms. The molecule has 0 aliphatic heterocycles. The van der Waals surface area contributed by atoms with Crippen molar-refractivity contribution >= 4 is 54.2 Å². The van der Waals surface area contributed by atoms with E-state index in [4.69, 9.17) is 4.74 Å². The molecule has 16 heteroatoms. The van der Waals surface area contributed by atoms with E-state index in [0.717, 1.165) is 17.4 Å². The number of ether oxygens (including phenoxy) is 1. The Hall–Kier alpha value is -3.22. The van der Waals surface area contributed by atoms with E-state index in [1.807, 2.05) is 0 Å². The van der Waals surface area contributed by atoms with E-state index in [9.17, 15) is 37.9 Å². The first kappa shape index (κ1) is 26.8. The van der Waals surface area contributed by atoms with Crippen LogP contribution in [0, 0.1) is 5.82 Å². The van der Waals surface area contributed by atoms with Crippen molar-refractivity contribution in [1.82, 2.24) is 9.97 Å².